The molecule has 74 valence electrons. The third kappa shape index (κ3) is 0.744. The summed E-state index contributed by atoms with van der Waals surface area (Å²) in [6, 6.07) is 0. The van der Waals surface area contributed by atoms with E-state index in [9.17, 15) is 9.59 Å². The van der Waals surface area contributed by atoms with Gasteiger partial charge in [0.1, 0.15) is 0 Å². The topological polar surface area (TPSA) is 55.4 Å². The van der Waals surface area contributed by atoms with Crippen LogP contribution in [0.15, 0.2) is 12.2 Å². The molecule has 2 aliphatic carbocycles. The Bertz CT molecular complexity index is 362. The van der Waals surface area contributed by atoms with Crippen LogP contribution in [0.25, 0.3) is 0 Å². The predicted molar refractivity (Wildman–Crippen MR) is 47.3 cm³/mol. The van der Waals surface area contributed by atoms with Crippen molar-refractivity contribution in [2.75, 3.05) is 0 Å². The number of cyclic esters (lactones) is 2. The number of fused-ring (bicyclic) bond motifs is 5. The Morgan fingerprint density at radius 1 is 1.50 bits per heavy atom. The summed E-state index contributed by atoms with van der Waals surface area (Å²) in [5.74, 6) is -0.0179. The average molecular weight is 193 g/mol. The summed E-state index contributed by atoms with van der Waals surface area (Å²) in [4.78, 5) is 22.7. The van der Waals surface area contributed by atoms with E-state index in [1.54, 1.807) is 0 Å². The SMILES string of the molecule is C[C@]12NC(=O)OC(=O)[C@H]1[C@H]1C=C[C@@H]2C1. The molecule has 0 radical (unpaired) electrons. The van der Waals surface area contributed by atoms with E-state index < -0.39 is 11.6 Å². The molecule has 4 nitrogen and oxygen atoms in total. The van der Waals surface area contributed by atoms with Gasteiger partial charge in [0, 0.05) is 5.92 Å². The van der Waals surface area contributed by atoms with Crippen LogP contribution in [-0.4, -0.2) is 17.6 Å². The normalized spacial score (nSPS) is 48.8. The molecule has 1 saturated heterocycles. The number of carbonyl (C=O) groups is 2. The van der Waals surface area contributed by atoms with Gasteiger partial charge in [-0.05, 0) is 19.3 Å². The Balaban J connectivity index is 2.07. The van der Waals surface area contributed by atoms with Gasteiger partial charge in [-0.2, -0.15) is 0 Å². The van der Waals surface area contributed by atoms with Crippen molar-refractivity contribution in [3.8, 4) is 0 Å². The molecular formula is C10H11NO3. The number of hydrogen-bond acceptors (Lipinski definition) is 3. The van der Waals surface area contributed by atoms with Gasteiger partial charge in [0.05, 0.1) is 11.5 Å². The van der Waals surface area contributed by atoms with Crippen LogP contribution in [-0.2, 0) is 9.53 Å². The first kappa shape index (κ1) is 8.03. The van der Waals surface area contributed by atoms with Crippen LogP contribution >= 0.6 is 0 Å². The molecule has 3 aliphatic rings. The molecule has 3 rings (SSSR count). The van der Waals surface area contributed by atoms with Gasteiger partial charge in [0.25, 0.3) is 0 Å². The number of rotatable bonds is 0. The minimum atomic E-state index is -0.602. The van der Waals surface area contributed by atoms with E-state index in [2.05, 4.69) is 22.2 Å². The second kappa shape index (κ2) is 2.19. The molecule has 1 saturated carbocycles. The first-order valence-electron chi connectivity index (χ1n) is 4.83. The Morgan fingerprint density at radius 3 is 3.07 bits per heavy atom. The number of ether oxygens (including phenoxy) is 1. The molecule has 1 heterocycles. The zero-order valence-electron chi connectivity index (χ0n) is 7.82. The third-order valence-corrected chi connectivity index (χ3v) is 3.78. The van der Waals surface area contributed by atoms with Gasteiger partial charge >= 0.3 is 12.1 Å². The Morgan fingerprint density at radius 2 is 2.29 bits per heavy atom. The van der Waals surface area contributed by atoms with Crippen LogP contribution in [0, 0.1) is 17.8 Å². The number of hydrogen-bond donors (Lipinski definition) is 1. The van der Waals surface area contributed by atoms with Crippen LogP contribution in [0.3, 0.4) is 0 Å². The molecule has 4 atom stereocenters. The highest BCUT2D eigenvalue weighted by atomic mass is 16.6. The summed E-state index contributed by atoms with van der Waals surface area (Å²) in [5, 5.41) is 2.78. The fourth-order valence-corrected chi connectivity index (χ4v) is 3.08. The van der Waals surface area contributed by atoms with Gasteiger partial charge in [-0.15, -0.1) is 0 Å². The molecule has 1 amide bonds. The molecule has 1 N–H and O–H groups in total. The van der Waals surface area contributed by atoms with E-state index in [1.165, 1.54) is 0 Å². The lowest BCUT2D eigenvalue weighted by Gasteiger charge is -2.40. The highest BCUT2D eigenvalue weighted by Gasteiger charge is 2.60. The number of amides is 1. The summed E-state index contributed by atoms with van der Waals surface area (Å²) in [7, 11) is 0. The number of alkyl carbamates (subject to hydrolysis) is 1. The monoisotopic (exact) mass is 193 g/mol. The van der Waals surface area contributed by atoms with Gasteiger partial charge in [0.2, 0.25) is 0 Å². The minimum absolute atomic E-state index is 0.185. The van der Waals surface area contributed by atoms with E-state index in [4.69, 9.17) is 0 Å². The third-order valence-electron chi connectivity index (χ3n) is 3.78. The fraction of sp³-hybridized carbons (Fsp3) is 0.600. The second-order valence-electron chi connectivity index (χ2n) is 4.48. The van der Waals surface area contributed by atoms with Crippen molar-refractivity contribution < 1.29 is 14.3 Å². The maximum absolute atomic E-state index is 11.6. The number of allylic oxidation sites excluding steroid dienone is 1. The van der Waals surface area contributed by atoms with Gasteiger partial charge in [-0.3, -0.25) is 4.79 Å². The smallest absolute Gasteiger partial charge is 0.376 e. The highest BCUT2D eigenvalue weighted by molar-refractivity contribution is 5.91. The minimum Gasteiger partial charge on any atom is -0.376 e. The molecule has 0 aromatic carbocycles. The molecule has 1 aliphatic heterocycles. The molecule has 0 aromatic heterocycles. The fourth-order valence-electron chi connectivity index (χ4n) is 3.08. The lowest BCUT2D eigenvalue weighted by Crippen LogP contribution is -2.61. The van der Waals surface area contributed by atoms with E-state index in [0.717, 1.165) is 6.42 Å². The van der Waals surface area contributed by atoms with E-state index in [-0.39, 0.29) is 23.7 Å². The summed E-state index contributed by atoms with van der Waals surface area (Å²) in [6.07, 6.45) is 4.52. The van der Waals surface area contributed by atoms with Crippen molar-refractivity contribution in [3.63, 3.8) is 0 Å². The number of nitrogens with one attached hydrogen (secondary N) is 1. The van der Waals surface area contributed by atoms with Gasteiger partial charge in [0.15, 0.2) is 0 Å². The predicted octanol–water partition coefficient (Wildman–Crippen LogP) is 0.834. The summed E-state index contributed by atoms with van der Waals surface area (Å²) < 4.78 is 4.60. The van der Waals surface area contributed by atoms with Crippen molar-refractivity contribution in [2.24, 2.45) is 17.8 Å². The standard InChI is InChI=1S/C10H11NO3/c1-10-6-3-2-5(4-6)7(10)8(12)14-9(13)11-10/h2-3,5-7H,4H2,1H3,(H,11,13)/t5-,6+,7+,10+/m0/s1. The zero-order valence-corrected chi connectivity index (χ0v) is 7.82. The van der Waals surface area contributed by atoms with Crippen molar-refractivity contribution in [1.82, 2.24) is 5.32 Å². The lowest BCUT2D eigenvalue weighted by molar-refractivity contribution is -0.149. The first-order chi connectivity index (χ1) is 6.61. The van der Waals surface area contributed by atoms with Crippen LogP contribution in [0.2, 0.25) is 0 Å². The van der Waals surface area contributed by atoms with Crippen molar-refractivity contribution >= 4 is 12.1 Å². The van der Waals surface area contributed by atoms with Crippen molar-refractivity contribution in [1.29, 1.82) is 0 Å². The molecule has 2 fully saturated rings. The molecule has 0 spiro atoms. The van der Waals surface area contributed by atoms with Gasteiger partial charge in [-0.25, -0.2) is 4.79 Å². The Hall–Kier alpha value is -1.32. The first-order valence-corrected chi connectivity index (χ1v) is 4.83. The van der Waals surface area contributed by atoms with E-state index in [0.29, 0.717) is 0 Å². The quantitative estimate of drug-likeness (QED) is 0.352. The Labute approximate surface area is 81.3 Å². The molecular weight excluding hydrogens is 182 g/mol. The summed E-state index contributed by atoms with van der Waals surface area (Å²) >= 11 is 0. The lowest BCUT2D eigenvalue weighted by atomic mass is 9.76. The van der Waals surface area contributed by atoms with Crippen LogP contribution in [0.4, 0.5) is 4.79 Å². The van der Waals surface area contributed by atoms with Crippen LogP contribution < -0.4 is 5.32 Å². The molecule has 4 heteroatoms. The van der Waals surface area contributed by atoms with Gasteiger partial charge < -0.3 is 10.1 Å². The Kier molecular flexibility index (Phi) is 1.25. The summed E-state index contributed by atoms with van der Waals surface area (Å²) in [5.41, 5.74) is -0.411. The molecule has 0 aromatic rings. The zero-order chi connectivity index (χ0) is 9.92. The van der Waals surface area contributed by atoms with Crippen LogP contribution in [0.1, 0.15) is 13.3 Å². The van der Waals surface area contributed by atoms with Crippen LogP contribution in [0.5, 0.6) is 0 Å². The second-order valence-corrected chi connectivity index (χ2v) is 4.48. The van der Waals surface area contributed by atoms with Crippen molar-refractivity contribution in [3.05, 3.63) is 12.2 Å². The maximum atomic E-state index is 11.6. The number of carbonyl (C=O) groups excluding carboxylic acids is 2. The van der Waals surface area contributed by atoms with Crippen molar-refractivity contribution in [2.45, 2.75) is 18.9 Å². The largest absolute Gasteiger partial charge is 0.415 e. The average Bonchev–Trinajstić information content (AvgIpc) is 2.59. The molecule has 0 unspecified atom stereocenters. The number of esters is 1. The van der Waals surface area contributed by atoms with E-state index in [1.807, 2.05) is 6.92 Å². The molecule has 2 bridgehead atoms. The molecule has 14 heavy (non-hydrogen) atoms. The maximum Gasteiger partial charge on any atom is 0.415 e. The van der Waals surface area contributed by atoms with E-state index >= 15 is 0 Å². The highest BCUT2D eigenvalue weighted by Crippen LogP contribution is 2.51. The summed E-state index contributed by atoms with van der Waals surface area (Å²) in [6.45, 7) is 1.93. The van der Waals surface area contributed by atoms with Gasteiger partial charge in [-0.1, -0.05) is 12.2 Å².